The zero-order valence-electron chi connectivity index (χ0n) is 30.3. The first-order valence-corrected chi connectivity index (χ1v) is 19.0. The topological polar surface area (TPSA) is 38.7 Å². The van der Waals surface area contributed by atoms with Crippen molar-refractivity contribution in [3.8, 4) is 22.3 Å². The van der Waals surface area contributed by atoms with Crippen molar-refractivity contribution in [2.24, 2.45) is 0 Å². The van der Waals surface area contributed by atoms with E-state index in [9.17, 15) is 0 Å². The third-order valence-electron chi connectivity index (χ3n) is 12.5. The maximum atomic E-state index is 4.80. The van der Waals surface area contributed by atoms with Crippen LogP contribution in [-0.4, -0.2) is 9.97 Å². The van der Waals surface area contributed by atoms with Gasteiger partial charge in [0.1, 0.15) is 5.66 Å². The second-order valence-electron chi connectivity index (χ2n) is 14.9. The van der Waals surface area contributed by atoms with Crippen LogP contribution in [0.25, 0.3) is 22.3 Å². The summed E-state index contributed by atoms with van der Waals surface area (Å²) in [6, 6.07) is 60.7. The van der Waals surface area contributed by atoms with Gasteiger partial charge in [-0.1, -0.05) is 72.8 Å². The van der Waals surface area contributed by atoms with Crippen molar-refractivity contribution in [2.45, 2.75) is 11.1 Å². The van der Waals surface area contributed by atoms with E-state index in [1.54, 1.807) is 0 Å². The molecule has 2 spiro atoms. The standard InChI is InChI=1S/C50H30N6.Pt/c1-3-17-41-37(15-1)38-16-2-4-18-42(38)49(41)33-11-9-13-35(27-33)53-31-55(47-21-7-5-19-45(47)53)50(43-29-51-25-23-39(43)40-24-26-52-30-44(40)50)56-32-54(36-14-10-12-34(49)28-36)46-20-6-8-22-48(46)56;/h1-26,29-32H;/q-4;+4. The van der Waals surface area contributed by atoms with Gasteiger partial charge in [0, 0.05) is 64.1 Å². The molecule has 0 saturated carbocycles. The van der Waals surface area contributed by atoms with Gasteiger partial charge < -0.3 is 19.6 Å². The normalized spacial score (nSPS) is 16.3. The molecule has 3 aliphatic heterocycles. The molecular weight excluding hydrogens is 880 g/mol. The largest absolute Gasteiger partial charge is 4.00 e. The maximum absolute atomic E-state index is 4.80. The van der Waals surface area contributed by atoms with Crippen LogP contribution in [0.15, 0.2) is 170 Å². The fraction of sp³-hybridized carbons (Fsp3) is 0.0400. The third-order valence-corrected chi connectivity index (χ3v) is 12.5. The molecule has 57 heavy (non-hydrogen) atoms. The van der Waals surface area contributed by atoms with E-state index in [4.69, 9.17) is 9.97 Å². The fourth-order valence-corrected chi connectivity index (χ4v) is 10.3. The molecule has 0 atom stereocenters. The van der Waals surface area contributed by atoms with Crippen molar-refractivity contribution >= 4 is 34.1 Å². The minimum atomic E-state index is -0.910. The molecule has 0 amide bonds. The average molecular weight is 910 g/mol. The summed E-state index contributed by atoms with van der Waals surface area (Å²) < 4.78 is 0. The Bertz CT molecular complexity index is 2760. The van der Waals surface area contributed by atoms with E-state index in [1.807, 2.05) is 24.8 Å². The maximum Gasteiger partial charge on any atom is 4.00 e. The number of fused-ring (bicyclic) bond motifs is 30. The molecule has 270 valence electrons. The van der Waals surface area contributed by atoms with Crippen LogP contribution in [0.5, 0.6) is 0 Å². The molecule has 0 saturated heterocycles. The summed E-state index contributed by atoms with van der Waals surface area (Å²) in [6.45, 7) is 4.53. The van der Waals surface area contributed by atoms with Gasteiger partial charge in [0.05, 0.1) is 0 Å². The molecule has 5 aliphatic rings. The summed E-state index contributed by atoms with van der Waals surface area (Å²) in [5.41, 5.74) is 16.0. The Kier molecular flexibility index (Phi) is 6.75. The molecule has 6 aromatic carbocycles. The molecule has 8 bridgehead atoms. The van der Waals surface area contributed by atoms with Gasteiger partial charge >= 0.3 is 21.1 Å². The molecule has 8 aromatic rings. The number of para-hydroxylation sites is 4. The van der Waals surface area contributed by atoms with Gasteiger partial charge in [-0.05, 0) is 69.8 Å². The van der Waals surface area contributed by atoms with E-state index in [0.717, 1.165) is 67.5 Å². The molecule has 0 radical (unpaired) electrons. The van der Waals surface area contributed by atoms with Crippen LogP contribution in [0.2, 0.25) is 0 Å². The van der Waals surface area contributed by atoms with Crippen LogP contribution in [-0.2, 0) is 32.1 Å². The predicted octanol–water partition coefficient (Wildman–Crippen LogP) is 10.5. The Morgan fingerprint density at radius 1 is 0.421 bits per heavy atom. The van der Waals surface area contributed by atoms with Crippen LogP contribution in [0.1, 0.15) is 33.4 Å². The molecule has 0 N–H and O–H groups in total. The van der Waals surface area contributed by atoms with Crippen molar-refractivity contribution in [3.05, 3.63) is 229 Å². The van der Waals surface area contributed by atoms with Crippen molar-refractivity contribution in [1.82, 2.24) is 9.97 Å². The van der Waals surface area contributed by atoms with E-state index >= 15 is 0 Å². The van der Waals surface area contributed by atoms with E-state index in [0.29, 0.717) is 0 Å². The molecule has 2 aliphatic carbocycles. The van der Waals surface area contributed by atoms with E-state index < -0.39 is 11.1 Å². The zero-order valence-corrected chi connectivity index (χ0v) is 32.6. The van der Waals surface area contributed by atoms with Crippen molar-refractivity contribution in [2.75, 3.05) is 19.6 Å². The summed E-state index contributed by atoms with van der Waals surface area (Å²) in [5.74, 6) is 0. The molecule has 0 unspecified atom stereocenters. The molecular formula is C50H30N6Pt. The second-order valence-corrected chi connectivity index (χ2v) is 14.9. The Labute approximate surface area is 345 Å². The van der Waals surface area contributed by atoms with E-state index in [-0.39, 0.29) is 21.1 Å². The number of pyridine rings is 2. The monoisotopic (exact) mass is 909 g/mol. The fourth-order valence-electron chi connectivity index (χ4n) is 10.3. The summed E-state index contributed by atoms with van der Waals surface area (Å²) in [7, 11) is 0. The molecule has 13 rings (SSSR count). The number of anilines is 6. The summed E-state index contributed by atoms with van der Waals surface area (Å²) in [6.07, 6.45) is 7.86. The van der Waals surface area contributed by atoms with E-state index in [1.165, 1.54) is 22.3 Å². The number of aromatic nitrogens is 2. The minimum Gasteiger partial charge on any atom is -0.494 e. The third kappa shape index (κ3) is 3.98. The van der Waals surface area contributed by atoms with Crippen molar-refractivity contribution in [3.63, 3.8) is 0 Å². The summed E-state index contributed by atoms with van der Waals surface area (Å²) in [4.78, 5) is 19.1. The van der Waals surface area contributed by atoms with Crippen LogP contribution < -0.4 is 19.6 Å². The van der Waals surface area contributed by atoms with Gasteiger partial charge in [0.2, 0.25) is 0 Å². The van der Waals surface area contributed by atoms with Crippen LogP contribution >= 0.6 is 0 Å². The Morgan fingerprint density at radius 3 is 1.33 bits per heavy atom. The van der Waals surface area contributed by atoms with Gasteiger partial charge in [0.15, 0.2) is 0 Å². The Morgan fingerprint density at radius 2 is 0.842 bits per heavy atom. The number of rotatable bonds is 0. The predicted molar refractivity (Wildman–Crippen MR) is 220 cm³/mol. The second kappa shape index (κ2) is 11.8. The average Bonchev–Trinajstić information content (AvgIpc) is 4.01. The SMILES string of the molecule is [Pt+4].[c-]1c2cccc1C1(c3[c-]c(ccc3)N3[CH-]N(c4ccccc43)C3(c4cnccc4-c4ccncc43)N3[CH-]N2c2ccccc23)c2ccccc2-c2ccccc21. The first kappa shape index (κ1) is 32.7. The van der Waals surface area contributed by atoms with E-state index in [2.05, 4.69) is 191 Å². The molecule has 2 aromatic heterocycles. The molecule has 7 heteroatoms. The van der Waals surface area contributed by atoms with Crippen molar-refractivity contribution in [1.29, 1.82) is 0 Å². The number of hydrogen-bond donors (Lipinski definition) is 0. The summed E-state index contributed by atoms with van der Waals surface area (Å²) in [5, 5.41) is 0. The first-order chi connectivity index (χ1) is 27.8. The van der Waals surface area contributed by atoms with Gasteiger partial charge in [-0.15, -0.1) is 35.8 Å². The quantitative estimate of drug-likeness (QED) is 0.141. The smallest absolute Gasteiger partial charge is 0.494 e. The number of hydrogen-bond acceptors (Lipinski definition) is 6. The van der Waals surface area contributed by atoms with Gasteiger partial charge in [0.25, 0.3) is 0 Å². The van der Waals surface area contributed by atoms with Gasteiger partial charge in [-0.25, -0.2) is 0 Å². The first-order valence-electron chi connectivity index (χ1n) is 19.0. The summed E-state index contributed by atoms with van der Waals surface area (Å²) >= 11 is 0. The van der Waals surface area contributed by atoms with Crippen molar-refractivity contribution < 1.29 is 21.1 Å². The van der Waals surface area contributed by atoms with Crippen LogP contribution in [0, 0.1) is 25.5 Å². The molecule has 6 nitrogen and oxygen atoms in total. The van der Waals surface area contributed by atoms with Gasteiger partial charge in [-0.3, -0.25) is 9.97 Å². The number of benzene rings is 6. The Balaban J connectivity index is 0.00000356. The van der Waals surface area contributed by atoms with Gasteiger partial charge in [-0.2, -0.15) is 48.5 Å². The zero-order chi connectivity index (χ0) is 36.6. The van der Waals surface area contributed by atoms with Crippen LogP contribution in [0.4, 0.5) is 34.1 Å². The minimum absolute atomic E-state index is 0. The Hall–Kier alpha value is -6.49. The molecule has 5 heterocycles. The molecule has 0 fully saturated rings. The number of nitrogens with zero attached hydrogens (tertiary/aromatic N) is 6. The van der Waals surface area contributed by atoms with Crippen LogP contribution in [0.3, 0.4) is 0 Å².